The molecule has 4 nitrogen and oxygen atoms in total. The van der Waals surface area contributed by atoms with Crippen LogP contribution in [0.15, 0.2) is 84.9 Å². The Morgan fingerprint density at radius 2 is 0.926 bits per heavy atom. The summed E-state index contributed by atoms with van der Waals surface area (Å²) in [6, 6.07) is 27.9. The minimum absolute atomic E-state index is 0.823. The van der Waals surface area contributed by atoms with Crippen LogP contribution >= 0.6 is 0 Å². The van der Waals surface area contributed by atoms with Crippen LogP contribution in [0.5, 0.6) is 11.5 Å². The lowest BCUT2D eigenvalue weighted by Crippen LogP contribution is -2.79. The van der Waals surface area contributed by atoms with Crippen molar-refractivity contribution in [3.8, 4) is 45.4 Å². The predicted octanol–water partition coefficient (Wildman–Crippen LogP) is 3.48. The first-order valence-corrected chi connectivity index (χ1v) is 9.05. The highest BCUT2D eigenvalue weighted by atomic mass is 16.7. The number of hydrogen-bond acceptors (Lipinski definition) is 2. The summed E-state index contributed by atoms with van der Waals surface area (Å²) in [5.41, 5.74) is 6.48. The first-order valence-electron chi connectivity index (χ1n) is 9.05. The molecule has 0 atom stereocenters. The number of fused-ring (bicyclic) bond motifs is 5. The third-order valence-corrected chi connectivity index (χ3v) is 5.62. The molecule has 27 heavy (non-hydrogen) atoms. The van der Waals surface area contributed by atoms with Crippen LogP contribution < -0.4 is 18.6 Å². The van der Waals surface area contributed by atoms with Crippen LogP contribution in [0.1, 0.15) is 0 Å². The molecule has 0 saturated heterocycles. The van der Waals surface area contributed by atoms with E-state index in [4.69, 9.17) is 9.47 Å². The average molecular weight is 350 g/mol. The summed E-state index contributed by atoms with van der Waals surface area (Å²) in [6.45, 7) is 0. The molecule has 2 aromatic carbocycles. The van der Waals surface area contributed by atoms with Crippen molar-refractivity contribution in [1.29, 1.82) is 0 Å². The predicted molar refractivity (Wildman–Crippen MR) is 97.8 cm³/mol. The Labute approximate surface area is 155 Å². The quantitative estimate of drug-likeness (QED) is 0.454. The maximum absolute atomic E-state index is 6.62. The van der Waals surface area contributed by atoms with E-state index in [2.05, 4.69) is 57.7 Å². The molecule has 0 N–H and O–H groups in total. The molecule has 7 rings (SSSR count). The van der Waals surface area contributed by atoms with E-state index in [9.17, 15) is 0 Å². The maximum Gasteiger partial charge on any atom is 0.716 e. The molecule has 0 amide bonds. The number of para-hydroxylation sites is 2. The van der Waals surface area contributed by atoms with E-state index < -0.39 is 6.03 Å². The van der Waals surface area contributed by atoms with E-state index in [-0.39, 0.29) is 0 Å². The monoisotopic (exact) mass is 350 g/mol. The van der Waals surface area contributed by atoms with Crippen molar-refractivity contribution >= 4 is 0 Å². The fraction of sp³-hybridized carbons (Fsp3) is 0.0435. The van der Waals surface area contributed by atoms with Gasteiger partial charge in [0.15, 0.2) is 11.5 Å². The van der Waals surface area contributed by atoms with Crippen LogP contribution in [-0.4, -0.2) is 0 Å². The lowest BCUT2D eigenvalue weighted by Gasteiger charge is -2.28. The highest BCUT2D eigenvalue weighted by Crippen LogP contribution is 2.45. The fourth-order valence-electron chi connectivity index (χ4n) is 4.57. The molecular formula is C23H14N2O2+2. The lowest BCUT2D eigenvalue weighted by atomic mass is 10.1. The number of ether oxygens (including phenoxy) is 2. The van der Waals surface area contributed by atoms with E-state index in [1.54, 1.807) is 0 Å². The Bertz CT molecular complexity index is 1190. The first-order chi connectivity index (χ1) is 13.4. The average Bonchev–Trinajstić information content (AvgIpc) is 3.01. The summed E-state index contributed by atoms with van der Waals surface area (Å²) in [5.74, 6) is 1.65. The molecule has 0 aliphatic carbocycles. The van der Waals surface area contributed by atoms with Gasteiger partial charge in [-0.05, 0) is 45.5 Å². The third-order valence-electron chi connectivity index (χ3n) is 5.62. The highest BCUT2D eigenvalue weighted by Gasteiger charge is 2.73. The Morgan fingerprint density at radius 1 is 0.481 bits per heavy atom. The summed E-state index contributed by atoms with van der Waals surface area (Å²) in [6.07, 6.45) is 0. The van der Waals surface area contributed by atoms with Gasteiger partial charge in [0.2, 0.25) is 11.4 Å². The van der Waals surface area contributed by atoms with E-state index >= 15 is 0 Å². The SMILES string of the molecule is c1ccc2c(c1)OC13Oc4ccccc4-c4cccc([n+]41)-c1cccc-2[n+]13. The van der Waals surface area contributed by atoms with Crippen molar-refractivity contribution < 1.29 is 18.6 Å². The number of pyridine rings is 2. The second kappa shape index (κ2) is 4.35. The number of aromatic nitrogens is 2. The molecule has 0 fully saturated rings. The Morgan fingerprint density at radius 3 is 1.44 bits per heavy atom. The van der Waals surface area contributed by atoms with Gasteiger partial charge in [-0.25, -0.2) is 0 Å². The third kappa shape index (κ3) is 1.43. The summed E-state index contributed by atoms with van der Waals surface area (Å²) in [4.78, 5) is 0. The lowest BCUT2D eigenvalue weighted by molar-refractivity contribution is -1.03. The van der Waals surface area contributed by atoms with E-state index in [1.807, 2.05) is 36.4 Å². The van der Waals surface area contributed by atoms with Crippen LogP contribution in [0.4, 0.5) is 0 Å². The molecule has 3 aliphatic heterocycles. The Hall–Kier alpha value is -3.66. The summed E-state index contributed by atoms with van der Waals surface area (Å²) in [7, 11) is 0. The van der Waals surface area contributed by atoms with Crippen molar-refractivity contribution in [1.82, 2.24) is 0 Å². The largest absolute Gasteiger partial charge is 0.716 e. The van der Waals surface area contributed by atoms with Gasteiger partial charge in [-0.3, -0.25) is 0 Å². The van der Waals surface area contributed by atoms with Crippen molar-refractivity contribution in [3.05, 3.63) is 84.9 Å². The van der Waals surface area contributed by atoms with Crippen LogP contribution in [0.3, 0.4) is 0 Å². The molecule has 2 aromatic heterocycles. The molecule has 4 heteroatoms. The molecule has 0 saturated carbocycles. The van der Waals surface area contributed by atoms with Crippen LogP contribution in [-0.2, 0) is 6.03 Å². The Balaban J connectivity index is 1.68. The van der Waals surface area contributed by atoms with Gasteiger partial charge in [0.1, 0.15) is 0 Å². The molecule has 4 aromatic rings. The molecule has 1 spiro atoms. The van der Waals surface area contributed by atoms with Crippen LogP contribution in [0.2, 0.25) is 0 Å². The molecule has 0 bridgehead atoms. The molecule has 0 radical (unpaired) electrons. The molecule has 5 heterocycles. The van der Waals surface area contributed by atoms with Crippen molar-refractivity contribution in [2.45, 2.75) is 6.03 Å². The summed E-state index contributed by atoms with van der Waals surface area (Å²) < 4.78 is 17.6. The van der Waals surface area contributed by atoms with Gasteiger partial charge < -0.3 is 9.47 Å². The standard InChI is InChI=1S/C23H14N2O2/c1-3-13-21-15(7-1)17-9-5-11-19-20-12-6-10-18-16-8-2-4-14-22(16)27-23(26-21,24(17)19)25(18)20/h1-14H/q+2. The van der Waals surface area contributed by atoms with Gasteiger partial charge in [0.05, 0.1) is 11.1 Å². The van der Waals surface area contributed by atoms with Gasteiger partial charge in [0, 0.05) is 24.3 Å². The van der Waals surface area contributed by atoms with Gasteiger partial charge in [-0.15, -0.1) is 0 Å². The second-order valence-corrected chi connectivity index (χ2v) is 7.01. The van der Waals surface area contributed by atoms with E-state index in [0.29, 0.717) is 0 Å². The molecule has 3 aliphatic rings. The van der Waals surface area contributed by atoms with Gasteiger partial charge in [-0.2, -0.15) is 0 Å². The fourth-order valence-corrected chi connectivity index (χ4v) is 4.57. The molecular weight excluding hydrogens is 336 g/mol. The number of benzene rings is 2. The van der Waals surface area contributed by atoms with Crippen LogP contribution in [0, 0.1) is 0 Å². The first kappa shape index (κ1) is 13.5. The van der Waals surface area contributed by atoms with Gasteiger partial charge in [-0.1, -0.05) is 24.3 Å². The normalized spacial score (nSPS) is 15.6. The molecule has 0 unspecified atom stereocenters. The maximum atomic E-state index is 6.62. The highest BCUT2D eigenvalue weighted by molar-refractivity contribution is 5.70. The van der Waals surface area contributed by atoms with Crippen molar-refractivity contribution in [3.63, 3.8) is 0 Å². The van der Waals surface area contributed by atoms with E-state index in [1.165, 1.54) is 0 Å². The minimum Gasteiger partial charge on any atom is -0.340 e. The molecule has 126 valence electrons. The van der Waals surface area contributed by atoms with E-state index in [0.717, 1.165) is 45.4 Å². The number of hydrogen-bond donors (Lipinski definition) is 0. The number of nitrogens with zero attached hydrogens (tertiary/aromatic N) is 2. The minimum atomic E-state index is -1.08. The zero-order valence-corrected chi connectivity index (χ0v) is 14.3. The van der Waals surface area contributed by atoms with Gasteiger partial charge in [0.25, 0.3) is 11.4 Å². The summed E-state index contributed by atoms with van der Waals surface area (Å²) >= 11 is 0. The Kier molecular flexibility index (Phi) is 2.18. The number of rotatable bonds is 0. The van der Waals surface area contributed by atoms with Crippen molar-refractivity contribution in [2.24, 2.45) is 0 Å². The summed E-state index contributed by atoms with van der Waals surface area (Å²) in [5, 5.41) is 0. The zero-order valence-electron chi connectivity index (χ0n) is 14.3. The smallest absolute Gasteiger partial charge is 0.340 e. The van der Waals surface area contributed by atoms with Gasteiger partial charge >= 0.3 is 6.03 Å². The zero-order chi connectivity index (χ0) is 17.6. The van der Waals surface area contributed by atoms with Crippen molar-refractivity contribution in [2.75, 3.05) is 0 Å². The topological polar surface area (TPSA) is 26.2 Å². The van der Waals surface area contributed by atoms with Crippen LogP contribution in [0.25, 0.3) is 33.9 Å². The second-order valence-electron chi connectivity index (χ2n) is 7.01.